The third kappa shape index (κ3) is 5.24. The number of halogens is 1. The maximum Gasteiger partial charge on any atom is 0.321 e. The first-order chi connectivity index (χ1) is 15.5. The Morgan fingerprint density at radius 2 is 1.94 bits per heavy atom. The van der Waals surface area contributed by atoms with Crippen LogP contribution in [0, 0.1) is 13.8 Å². The molecule has 0 aliphatic carbocycles. The predicted octanol–water partition coefficient (Wildman–Crippen LogP) is 4.85. The molecule has 0 bridgehead atoms. The molecule has 162 valence electrons. The molecule has 0 aliphatic heterocycles. The SMILES string of the molecule is Cc1ccc(-n2cnnc2SCC(=O)Nc2ccc(Oc3ncccn3)cc2C)cc1Cl. The number of ether oxygens (including phenoxy) is 1. The Labute approximate surface area is 194 Å². The summed E-state index contributed by atoms with van der Waals surface area (Å²) in [5.41, 5.74) is 3.38. The summed E-state index contributed by atoms with van der Waals surface area (Å²) in [4.78, 5) is 20.6. The summed E-state index contributed by atoms with van der Waals surface area (Å²) in [6.07, 6.45) is 4.81. The molecule has 1 N–H and O–H groups in total. The van der Waals surface area contributed by atoms with Gasteiger partial charge in [-0.2, -0.15) is 0 Å². The molecule has 1 amide bonds. The van der Waals surface area contributed by atoms with Gasteiger partial charge in [0.25, 0.3) is 0 Å². The molecule has 4 aromatic rings. The minimum absolute atomic E-state index is 0.158. The largest absolute Gasteiger partial charge is 0.424 e. The molecular formula is C22H19ClN6O2S. The van der Waals surface area contributed by atoms with Crippen LogP contribution in [0.4, 0.5) is 5.69 Å². The number of aromatic nitrogens is 5. The van der Waals surface area contributed by atoms with Gasteiger partial charge < -0.3 is 10.1 Å². The first-order valence-corrected chi connectivity index (χ1v) is 11.0. The zero-order valence-electron chi connectivity index (χ0n) is 17.3. The number of nitrogens with zero attached hydrogens (tertiary/aromatic N) is 5. The topological polar surface area (TPSA) is 94.8 Å². The second-order valence-corrected chi connectivity index (χ2v) is 8.21. The molecular weight excluding hydrogens is 448 g/mol. The van der Waals surface area contributed by atoms with Crippen molar-refractivity contribution in [3.63, 3.8) is 0 Å². The molecule has 0 radical (unpaired) electrons. The fraction of sp³-hybridized carbons (Fsp3) is 0.136. The molecule has 0 fully saturated rings. The molecule has 0 saturated heterocycles. The van der Waals surface area contributed by atoms with Crippen LogP contribution in [0.2, 0.25) is 5.02 Å². The lowest BCUT2D eigenvalue weighted by Gasteiger charge is -2.11. The third-order valence-corrected chi connectivity index (χ3v) is 5.86. The molecule has 4 rings (SSSR count). The van der Waals surface area contributed by atoms with E-state index in [9.17, 15) is 4.79 Å². The summed E-state index contributed by atoms with van der Waals surface area (Å²) in [7, 11) is 0. The molecule has 10 heteroatoms. The minimum atomic E-state index is -0.158. The van der Waals surface area contributed by atoms with Crippen molar-refractivity contribution in [3.05, 3.63) is 77.3 Å². The number of nitrogens with one attached hydrogen (secondary N) is 1. The van der Waals surface area contributed by atoms with E-state index in [1.807, 2.05) is 38.1 Å². The Morgan fingerprint density at radius 1 is 1.12 bits per heavy atom. The van der Waals surface area contributed by atoms with E-state index in [1.54, 1.807) is 41.5 Å². The van der Waals surface area contributed by atoms with Crippen molar-refractivity contribution in [2.75, 3.05) is 11.1 Å². The van der Waals surface area contributed by atoms with Crippen LogP contribution in [-0.4, -0.2) is 36.4 Å². The van der Waals surface area contributed by atoms with Crippen molar-refractivity contribution < 1.29 is 9.53 Å². The van der Waals surface area contributed by atoms with Gasteiger partial charge in [-0.3, -0.25) is 9.36 Å². The monoisotopic (exact) mass is 466 g/mol. The van der Waals surface area contributed by atoms with Gasteiger partial charge in [-0.25, -0.2) is 9.97 Å². The highest BCUT2D eigenvalue weighted by Gasteiger charge is 2.12. The van der Waals surface area contributed by atoms with Gasteiger partial charge >= 0.3 is 6.01 Å². The maximum atomic E-state index is 12.5. The van der Waals surface area contributed by atoms with Crippen molar-refractivity contribution in [2.45, 2.75) is 19.0 Å². The lowest BCUT2D eigenvalue weighted by molar-refractivity contribution is -0.113. The summed E-state index contributed by atoms with van der Waals surface area (Å²) in [6.45, 7) is 3.83. The Bertz CT molecular complexity index is 1250. The average molecular weight is 467 g/mol. The second kappa shape index (κ2) is 9.80. The van der Waals surface area contributed by atoms with Crippen molar-refractivity contribution in [3.8, 4) is 17.4 Å². The number of hydrogen-bond donors (Lipinski definition) is 1. The van der Waals surface area contributed by atoms with Crippen LogP contribution in [0.5, 0.6) is 11.8 Å². The maximum absolute atomic E-state index is 12.5. The van der Waals surface area contributed by atoms with E-state index in [4.69, 9.17) is 16.3 Å². The van der Waals surface area contributed by atoms with E-state index < -0.39 is 0 Å². The predicted molar refractivity (Wildman–Crippen MR) is 124 cm³/mol. The fourth-order valence-corrected chi connectivity index (χ4v) is 3.74. The number of carbonyl (C=O) groups excluding carboxylic acids is 1. The highest BCUT2D eigenvalue weighted by atomic mass is 35.5. The Morgan fingerprint density at radius 3 is 2.69 bits per heavy atom. The minimum Gasteiger partial charge on any atom is -0.424 e. The molecule has 0 spiro atoms. The molecule has 2 heterocycles. The number of thioether (sulfide) groups is 1. The molecule has 0 unspecified atom stereocenters. The van der Waals surface area contributed by atoms with Crippen molar-refractivity contribution in [1.82, 2.24) is 24.7 Å². The molecule has 0 atom stereocenters. The van der Waals surface area contributed by atoms with Crippen LogP contribution in [0.25, 0.3) is 5.69 Å². The van der Waals surface area contributed by atoms with Crippen LogP contribution >= 0.6 is 23.4 Å². The summed E-state index contributed by atoms with van der Waals surface area (Å²) >= 11 is 7.52. The number of carbonyl (C=O) groups is 1. The van der Waals surface area contributed by atoms with Gasteiger partial charge in [0.15, 0.2) is 5.16 Å². The van der Waals surface area contributed by atoms with Gasteiger partial charge in [0.05, 0.1) is 11.4 Å². The number of hydrogen-bond acceptors (Lipinski definition) is 7. The highest BCUT2D eigenvalue weighted by molar-refractivity contribution is 7.99. The number of aryl methyl sites for hydroxylation is 2. The zero-order valence-corrected chi connectivity index (χ0v) is 18.9. The van der Waals surface area contributed by atoms with Gasteiger partial charge in [-0.15, -0.1) is 10.2 Å². The quantitative estimate of drug-likeness (QED) is 0.389. The lowest BCUT2D eigenvalue weighted by Crippen LogP contribution is -2.15. The van der Waals surface area contributed by atoms with E-state index >= 15 is 0 Å². The van der Waals surface area contributed by atoms with Crippen LogP contribution in [-0.2, 0) is 4.79 Å². The third-order valence-electron chi connectivity index (χ3n) is 4.51. The molecule has 8 nitrogen and oxygen atoms in total. The summed E-state index contributed by atoms with van der Waals surface area (Å²) < 4.78 is 7.42. The van der Waals surface area contributed by atoms with E-state index in [-0.39, 0.29) is 17.7 Å². The first kappa shape index (κ1) is 21.8. The number of benzene rings is 2. The van der Waals surface area contributed by atoms with Gasteiger partial charge in [0, 0.05) is 23.1 Å². The van der Waals surface area contributed by atoms with Crippen molar-refractivity contribution in [2.24, 2.45) is 0 Å². The number of rotatable bonds is 7. The Balaban J connectivity index is 1.38. The molecule has 0 aliphatic rings. The van der Waals surface area contributed by atoms with Crippen LogP contribution < -0.4 is 10.1 Å². The summed E-state index contributed by atoms with van der Waals surface area (Å²) in [5, 5.41) is 12.3. The van der Waals surface area contributed by atoms with Gasteiger partial charge in [-0.05, 0) is 61.4 Å². The Hall–Kier alpha value is -3.43. The van der Waals surface area contributed by atoms with Gasteiger partial charge in [0.1, 0.15) is 12.1 Å². The smallest absolute Gasteiger partial charge is 0.321 e. The number of amides is 1. The Kier molecular flexibility index (Phi) is 6.67. The molecule has 2 aromatic heterocycles. The second-order valence-electron chi connectivity index (χ2n) is 6.86. The van der Waals surface area contributed by atoms with Gasteiger partial charge in [-0.1, -0.05) is 29.4 Å². The van der Waals surface area contributed by atoms with E-state index in [1.165, 1.54) is 11.8 Å². The highest BCUT2D eigenvalue weighted by Crippen LogP contribution is 2.26. The zero-order chi connectivity index (χ0) is 22.5. The standard InChI is InChI=1S/C22H19ClN6O2S/c1-14-4-5-16(11-18(14)23)29-13-26-28-22(29)32-12-20(30)27-19-7-6-17(10-15(19)2)31-21-24-8-3-9-25-21/h3-11,13H,12H2,1-2H3,(H,27,30). The van der Waals surface area contributed by atoms with Crippen LogP contribution in [0.15, 0.2) is 66.3 Å². The normalized spacial score (nSPS) is 10.7. The average Bonchev–Trinajstić information content (AvgIpc) is 3.25. The fourth-order valence-electron chi connectivity index (χ4n) is 2.83. The van der Waals surface area contributed by atoms with Gasteiger partial charge in [0.2, 0.25) is 5.91 Å². The molecule has 32 heavy (non-hydrogen) atoms. The molecule has 2 aromatic carbocycles. The van der Waals surface area contributed by atoms with E-state index in [0.29, 0.717) is 21.6 Å². The van der Waals surface area contributed by atoms with Crippen LogP contribution in [0.1, 0.15) is 11.1 Å². The first-order valence-electron chi connectivity index (χ1n) is 9.64. The van der Waals surface area contributed by atoms with Crippen molar-refractivity contribution in [1.29, 1.82) is 0 Å². The number of anilines is 1. The van der Waals surface area contributed by atoms with Crippen molar-refractivity contribution >= 4 is 35.0 Å². The van der Waals surface area contributed by atoms with E-state index in [2.05, 4.69) is 25.5 Å². The molecule has 0 saturated carbocycles. The lowest BCUT2D eigenvalue weighted by atomic mass is 10.2. The van der Waals surface area contributed by atoms with Crippen LogP contribution in [0.3, 0.4) is 0 Å². The summed E-state index contributed by atoms with van der Waals surface area (Å²) in [5.74, 6) is 0.606. The van der Waals surface area contributed by atoms with E-state index in [0.717, 1.165) is 16.8 Å². The summed E-state index contributed by atoms with van der Waals surface area (Å²) in [6, 6.07) is 13.0.